The van der Waals surface area contributed by atoms with E-state index in [0.29, 0.717) is 32.1 Å². The molecule has 0 radical (unpaired) electrons. The molecule has 1 heterocycles. The van der Waals surface area contributed by atoms with Crippen LogP contribution < -0.4 is 10.6 Å². The van der Waals surface area contributed by atoms with Gasteiger partial charge in [-0.2, -0.15) is 0 Å². The van der Waals surface area contributed by atoms with E-state index in [2.05, 4.69) is 15.6 Å². The molecule has 0 unspecified atom stereocenters. The van der Waals surface area contributed by atoms with Gasteiger partial charge in [0, 0.05) is 13.2 Å². The summed E-state index contributed by atoms with van der Waals surface area (Å²) in [6.45, 7) is 1.83. The fourth-order valence-corrected chi connectivity index (χ4v) is 2.43. The van der Waals surface area contributed by atoms with Gasteiger partial charge in [0.1, 0.15) is 5.82 Å². The zero-order valence-electron chi connectivity index (χ0n) is 11.3. The van der Waals surface area contributed by atoms with Crippen LogP contribution in [0.15, 0.2) is 24.4 Å². The summed E-state index contributed by atoms with van der Waals surface area (Å²) in [5.74, 6) is 0.112. The number of aromatic nitrogens is 1. The maximum atomic E-state index is 12.2. The van der Waals surface area contributed by atoms with Crippen LogP contribution >= 0.6 is 34.8 Å². The SMILES string of the molecule is CNc1ncc(C(=O)Nc2c(Cl)ccc(C)c2Cl)cc1Cl. The van der Waals surface area contributed by atoms with E-state index in [1.165, 1.54) is 12.3 Å². The molecule has 2 rings (SSSR count). The molecule has 110 valence electrons. The third kappa shape index (κ3) is 3.40. The second-order valence-electron chi connectivity index (χ2n) is 4.31. The molecule has 2 N–H and O–H groups in total. The van der Waals surface area contributed by atoms with Crippen molar-refractivity contribution in [3.63, 3.8) is 0 Å². The normalized spacial score (nSPS) is 10.3. The predicted octanol–water partition coefficient (Wildman–Crippen LogP) is 4.64. The number of rotatable bonds is 3. The number of carbonyl (C=O) groups excluding carboxylic acids is 1. The summed E-state index contributed by atoms with van der Waals surface area (Å²) >= 11 is 18.2. The second-order valence-corrected chi connectivity index (χ2v) is 5.50. The summed E-state index contributed by atoms with van der Waals surface area (Å²) < 4.78 is 0. The molecule has 1 amide bonds. The van der Waals surface area contributed by atoms with Gasteiger partial charge in [-0.1, -0.05) is 40.9 Å². The van der Waals surface area contributed by atoms with Gasteiger partial charge in [0.25, 0.3) is 5.91 Å². The molecule has 0 saturated heterocycles. The number of pyridine rings is 1. The lowest BCUT2D eigenvalue weighted by atomic mass is 10.2. The molecule has 0 spiro atoms. The van der Waals surface area contributed by atoms with Crippen LogP contribution in [0.4, 0.5) is 11.5 Å². The number of amides is 1. The molecule has 2 aromatic rings. The van der Waals surface area contributed by atoms with Gasteiger partial charge in [0.15, 0.2) is 0 Å². The molecule has 0 fully saturated rings. The lowest BCUT2D eigenvalue weighted by Crippen LogP contribution is -2.13. The number of benzene rings is 1. The number of aryl methyl sites for hydroxylation is 1. The summed E-state index contributed by atoms with van der Waals surface area (Å²) in [5, 5.41) is 6.62. The molecule has 4 nitrogen and oxygen atoms in total. The second kappa shape index (κ2) is 6.52. The molecule has 21 heavy (non-hydrogen) atoms. The van der Waals surface area contributed by atoms with Gasteiger partial charge < -0.3 is 10.6 Å². The van der Waals surface area contributed by atoms with E-state index in [4.69, 9.17) is 34.8 Å². The topological polar surface area (TPSA) is 54.0 Å². The maximum Gasteiger partial charge on any atom is 0.257 e. The molecule has 1 aromatic heterocycles. The predicted molar refractivity (Wildman–Crippen MR) is 87.9 cm³/mol. The van der Waals surface area contributed by atoms with E-state index in [9.17, 15) is 4.79 Å². The molecular weight excluding hydrogens is 333 g/mol. The van der Waals surface area contributed by atoms with Crippen molar-refractivity contribution in [3.8, 4) is 0 Å². The van der Waals surface area contributed by atoms with Crippen molar-refractivity contribution in [2.24, 2.45) is 0 Å². The minimum atomic E-state index is -0.388. The fourth-order valence-electron chi connectivity index (χ4n) is 1.70. The van der Waals surface area contributed by atoms with Crippen LogP contribution in [0.1, 0.15) is 15.9 Å². The highest BCUT2D eigenvalue weighted by Gasteiger charge is 2.14. The summed E-state index contributed by atoms with van der Waals surface area (Å²) in [5.41, 5.74) is 1.50. The van der Waals surface area contributed by atoms with Crippen molar-refractivity contribution in [2.75, 3.05) is 17.7 Å². The van der Waals surface area contributed by atoms with Crippen molar-refractivity contribution in [2.45, 2.75) is 6.92 Å². The third-order valence-electron chi connectivity index (χ3n) is 2.86. The summed E-state index contributed by atoms with van der Waals surface area (Å²) in [6.07, 6.45) is 1.42. The first kappa shape index (κ1) is 15.9. The molecule has 0 saturated carbocycles. The minimum Gasteiger partial charge on any atom is -0.372 e. The van der Waals surface area contributed by atoms with Gasteiger partial charge in [-0.25, -0.2) is 4.98 Å². The lowest BCUT2D eigenvalue weighted by Gasteiger charge is -2.11. The number of carbonyl (C=O) groups is 1. The van der Waals surface area contributed by atoms with Gasteiger partial charge in [-0.05, 0) is 24.6 Å². The fraction of sp³-hybridized carbons (Fsp3) is 0.143. The van der Waals surface area contributed by atoms with Crippen LogP contribution in [-0.4, -0.2) is 17.9 Å². The summed E-state index contributed by atoms with van der Waals surface area (Å²) in [7, 11) is 1.69. The number of nitrogens with one attached hydrogen (secondary N) is 2. The molecular formula is C14H12Cl3N3O. The van der Waals surface area contributed by atoms with E-state index in [1.54, 1.807) is 19.2 Å². The van der Waals surface area contributed by atoms with Crippen LogP contribution in [0.2, 0.25) is 15.1 Å². The maximum absolute atomic E-state index is 12.2. The highest BCUT2D eigenvalue weighted by atomic mass is 35.5. The highest BCUT2D eigenvalue weighted by Crippen LogP contribution is 2.33. The Balaban J connectivity index is 2.30. The number of halogens is 3. The molecule has 0 atom stereocenters. The van der Waals surface area contributed by atoms with Gasteiger partial charge in [0.2, 0.25) is 0 Å². The largest absolute Gasteiger partial charge is 0.372 e. The zero-order chi connectivity index (χ0) is 15.6. The quantitative estimate of drug-likeness (QED) is 0.852. The molecule has 0 bridgehead atoms. The van der Waals surface area contributed by atoms with Crippen LogP contribution in [0.5, 0.6) is 0 Å². The molecule has 7 heteroatoms. The van der Waals surface area contributed by atoms with Gasteiger partial charge in [0.05, 0.1) is 26.3 Å². The van der Waals surface area contributed by atoms with Gasteiger partial charge in [-0.3, -0.25) is 4.79 Å². The van der Waals surface area contributed by atoms with E-state index in [1.807, 2.05) is 6.92 Å². The Hall–Kier alpha value is -1.49. The molecule has 0 aliphatic carbocycles. The average molecular weight is 345 g/mol. The van der Waals surface area contributed by atoms with Crippen molar-refractivity contribution >= 4 is 52.2 Å². The first-order valence-corrected chi connectivity index (χ1v) is 7.16. The first-order chi connectivity index (χ1) is 9.93. The van der Waals surface area contributed by atoms with Crippen molar-refractivity contribution in [1.82, 2.24) is 4.98 Å². The van der Waals surface area contributed by atoms with Crippen molar-refractivity contribution in [1.29, 1.82) is 0 Å². The Kier molecular flexibility index (Phi) is 4.93. The van der Waals surface area contributed by atoms with E-state index in [0.717, 1.165) is 5.56 Å². The molecule has 1 aromatic carbocycles. The minimum absolute atomic E-state index is 0.313. The number of anilines is 2. The zero-order valence-corrected chi connectivity index (χ0v) is 13.6. The van der Waals surface area contributed by atoms with Crippen LogP contribution in [0.3, 0.4) is 0 Å². The van der Waals surface area contributed by atoms with Crippen LogP contribution in [0.25, 0.3) is 0 Å². The van der Waals surface area contributed by atoms with Crippen LogP contribution in [0, 0.1) is 6.92 Å². The highest BCUT2D eigenvalue weighted by molar-refractivity contribution is 6.40. The van der Waals surface area contributed by atoms with E-state index < -0.39 is 0 Å². The summed E-state index contributed by atoms with van der Waals surface area (Å²) in [6, 6.07) is 4.97. The lowest BCUT2D eigenvalue weighted by molar-refractivity contribution is 0.102. The Morgan fingerprint density at radius 2 is 1.90 bits per heavy atom. The van der Waals surface area contributed by atoms with Crippen molar-refractivity contribution in [3.05, 3.63) is 50.6 Å². The van der Waals surface area contributed by atoms with E-state index in [-0.39, 0.29) is 5.91 Å². The molecule has 0 aliphatic heterocycles. The van der Waals surface area contributed by atoms with E-state index >= 15 is 0 Å². The van der Waals surface area contributed by atoms with Crippen molar-refractivity contribution < 1.29 is 4.79 Å². The number of hydrogen-bond donors (Lipinski definition) is 2. The summed E-state index contributed by atoms with van der Waals surface area (Å²) in [4.78, 5) is 16.3. The smallest absolute Gasteiger partial charge is 0.257 e. The Morgan fingerprint density at radius 3 is 2.52 bits per heavy atom. The van der Waals surface area contributed by atoms with Gasteiger partial charge >= 0.3 is 0 Å². The van der Waals surface area contributed by atoms with Crippen LogP contribution in [-0.2, 0) is 0 Å². The number of hydrogen-bond acceptors (Lipinski definition) is 3. The monoisotopic (exact) mass is 343 g/mol. The number of nitrogens with zero attached hydrogens (tertiary/aromatic N) is 1. The van der Waals surface area contributed by atoms with Gasteiger partial charge in [-0.15, -0.1) is 0 Å². The molecule has 0 aliphatic rings. The Morgan fingerprint density at radius 1 is 1.19 bits per heavy atom. The Labute approximate surface area is 137 Å². The average Bonchev–Trinajstić information content (AvgIpc) is 2.47. The third-order valence-corrected chi connectivity index (χ3v) is 3.95. The first-order valence-electron chi connectivity index (χ1n) is 6.03. The Bertz CT molecular complexity index is 704. The standard InChI is InChI=1S/C14H12Cl3N3O/c1-7-3-4-9(15)12(11(7)17)20-14(21)8-5-10(16)13(18-2)19-6-8/h3-6H,1-2H3,(H,18,19)(H,20,21).